The predicted molar refractivity (Wildman–Crippen MR) is 82.4 cm³/mol. The third kappa shape index (κ3) is 4.83. The molecular weight excluding hydrogens is 366 g/mol. The molecule has 0 aliphatic carbocycles. The van der Waals surface area contributed by atoms with Crippen LogP contribution in [0.2, 0.25) is 0 Å². The molecule has 1 rings (SSSR count). The second kappa shape index (κ2) is 7.69. The summed E-state index contributed by atoms with van der Waals surface area (Å²) < 4.78 is 26.9. The van der Waals surface area contributed by atoms with E-state index in [2.05, 4.69) is 26.6 Å². The van der Waals surface area contributed by atoms with E-state index in [0.29, 0.717) is 16.0 Å². The van der Waals surface area contributed by atoms with Crippen LogP contribution in [-0.4, -0.2) is 37.5 Å². The van der Waals surface area contributed by atoms with E-state index in [0.717, 1.165) is 6.07 Å². The van der Waals surface area contributed by atoms with Gasteiger partial charge in [-0.2, -0.15) is 0 Å². The van der Waals surface area contributed by atoms with Crippen LogP contribution in [-0.2, 0) is 10.0 Å². The second-order valence-corrected chi connectivity index (χ2v) is 7.30. The van der Waals surface area contributed by atoms with Crippen LogP contribution in [0, 0.1) is 12.3 Å². The summed E-state index contributed by atoms with van der Waals surface area (Å²) in [6.07, 6.45) is 5.08. The third-order valence-electron chi connectivity index (χ3n) is 2.19. The lowest BCUT2D eigenvalue weighted by atomic mass is 10.2. The van der Waals surface area contributed by atoms with Crippen molar-refractivity contribution in [2.45, 2.75) is 4.90 Å². The second-order valence-electron chi connectivity index (χ2n) is 3.60. The van der Waals surface area contributed by atoms with E-state index in [1.54, 1.807) is 0 Å². The van der Waals surface area contributed by atoms with E-state index in [1.807, 2.05) is 0 Å². The molecule has 0 radical (unpaired) electrons. The van der Waals surface area contributed by atoms with Gasteiger partial charge in [0, 0.05) is 16.8 Å². The Balaban J connectivity index is 2.84. The Kier molecular flexibility index (Phi) is 6.55. The van der Waals surface area contributed by atoms with Crippen LogP contribution in [0.15, 0.2) is 27.6 Å². The van der Waals surface area contributed by atoms with Crippen molar-refractivity contribution in [3.05, 3.63) is 28.2 Å². The molecule has 0 saturated heterocycles. The lowest BCUT2D eigenvalue weighted by Crippen LogP contribution is -2.26. The highest BCUT2D eigenvalue weighted by atomic mass is 79.9. The first-order valence-corrected chi connectivity index (χ1v) is 8.85. The number of carboxylic acid groups (broad SMARTS) is 1. The van der Waals surface area contributed by atoms with Gasteiger partial charge in [0.2, 0.25) is 10.0 Å². The van der Waals surface area contributed by atoms with Crippen LogP contribution in [0.25, 0.3) is 0 Å². The molecule has 0 spiro atoms. The number of hydrogen-bond acceptors (Lipinski definition) is 4. The number of hydrogen-bond donors (Lipinski definition) is 2. The number of nitrogens with one attached hydrogen (secondary N) is 1. The highest BCUT2D eigenvalue weighted by Crippen LogP contribution is 2.23. The average Bonchev–Trinajstić information content (AvgIpc) is 2.38. The first-order valence-electron chi connectivity index (χ1n) is 5.42. The monoisotopic (exact) mass is 377 g/mol. The molecule has 1 aromatic rings. The average molecular weight is 378 g/mol. The van der Waals surface area contributed by atoms with Crippen molar-refractivity contribution in [3.63, 3.8) is 0 Å². The van der Waals surface area contributed by atoms with Gasteiger partial charge >= 0.3 is 5.97 Å². The van der Waals surface area contributed by atoms with Gasteiger partial charge in [0.05, 0.1) is 16.2 Å². The van der Waals surface area contributed by atoms with Crippen molar-refractivity contribution in [3.8, 4) is 12.3 Å². The maximum atomic E-state index is 12.1. The molecule has 0 saturated carbocycles. The van der Waals surface area contributed by atoms with Gasteiger partial charge in [-0.3, -0.25) is 0 Å². The van der Waals surface area contributed by atoms with Crippen molar-refractivity contribution in [1.82, 2.24) is 4.72 Å². The van der Waals surface area contributed by atoms with E-state index in [1.165, 1.54) is 23.9 Å². The first kappa shape index (κ1) is 17.0. The molecule has 0 aliphatic rings. The molecular formula is C12H12BrNO4S2. The highest BCUT2D eigenvalue weighted by molar-refractivity contribution is 9.10. The Morgan fingerprint density at radius 2 is 2.20 bits per heavy atom. The highest BCUT2D eigenvalue weighted by Gasteiger charge is 2.19. The number of aromatic carboxylic acids is 1. The maximum absolute atomic E-state index is 12.1. The van der Waals surface area contributed by atoms with Gasteiger partial charge in [0.1, 0.15) is 0 Å². The quantitative estimate of drug-likeness (QED) is 0.558. The Labute approximate surface area is 130 Å². The van der Waals surface area contributed by atoms with Crippen molar-refractivity contribution in [1.29, 1.82) is 0 Å². The molecule has 1 aromatic carbocycles. The number of carboxylic acids is 1. The fourth-order valence-corrected chi connectivity index (χ4v) is 3.96. The van der Waals surface area contributed by atoms with Crippen molar-refractivity contribution >= 4 is 43.7 Å². The number of halogens is 1. The Morgan fingerprint density at radius 3 is 2.80 bits per heavy atom. The summed E-state index contributed by atoms with van der Waals surface area (Å²) in [6.45, 7) is 0.221. The largest absolute Gasteiger partial charge is 0.478 e. The van der Waals surface area contributed by atoms with Gasteiger partial charge in [0.25, 0.3) is 0 Å². The zero-order chi connectivity index (χ0) is 15.2. The summed E-state index contributed by atoms with van der Waals surface area (Å²) in [5, 5.41) is 8.89. The van der Waals surface area contributed by atoms with Gasteiger partial charge in [0.15, 0.2) is 0 Å². The topological polar surface area (TPSA) is 83.5 Å². The molecule has 0 fully saturated rings. The van der Waals surface area contributed by atoms with Crippen LogP contribution < -0.4 is 4.72 Å². The molecule has 0 aromatic heterocycles. The number of terminal acetylenes is 1. The van der Waals surface area contributed by atoms with E-state index in [-0.39, 0.29) is 17.0 Å². The minimum atomic E-state index is -3.76. The lowest BCUT2D eigenvalue weighted by molar-refractivity contribution is 0.0696. The summed E-state index contributed by atoms with van der Waals surface area (Å²) in [5.74, 6) is 2.31. The lowest BCUT2D eigenvalue weighted by Gasteiger charge is -2.09. The molecule has 5 nitrogen and oxygen atoms in total. The van der Waals surface area contributed by atoms with Crippen molar-refractivity contribution in [2.24, 2.45) is 0 Å². The Bertz CT molecular complexity index is 637. The van der Waals surface area contributed by atoms with Gasteiger partial charge < -0.3 is 5.11 Å². The minimum absolute atomic E-state index is 0.0877. The molecule has 20 heavy (non-hydrogen) atoms. The van der Waals surface area contributed by atoms with Crippen LogP contribution in [0.4, 0.5) is 0 Å². The normalized spacial score (nSPS) is 11.0. The summed E-state index contributed by atoms with van der Waals surface area (Å²) in [6, 6.07) is 3.84. The molecule has 108 valence electrons. The van der Waals surface area contributed by atoms with Crippen molar-refractivity contribution in [2.75, 3.05) is 18.1 Å². The number of sulfonamides is 1. The predicted octanol–water partition coefficient (Wildman–Crippen LogP) is 1.79. The molecule has 0 aliphatic heterocycles. The minimum Gasteiger partial charge on any atom is -0.478 e. The third-order valence-corrected chi connectivity index (χ3v) is 5.51. The molecule has 0 amide bonds. The van der Waals surface area contributed by atoms with Crippen LogP contribution in [0.1, 0.15) is 10.4 Å². The van der Waals surface area contributed by atoms with Crippen LogP contribution in [0.5, 0.6) is 0 Å². The molecule has 0 heterocycles. The molecule has 2 N–H and O–H groups in total. The smallest absolute Gasteiger partial charge is 0.335 e. The molecule has 0 bridgehead atoms. The van der Waals surface area contributed by atoms with E-state index in [4.69, 9.17) is 11.5 Å². The fraction of sp³-hybridized carbons (Fsp3) is 0.250. The van der Waals surface area contributed by atoms with Crippen LogP contribution in [0.3, 0.4) is 0 Å². The van der Waals surface area contributed by atoms with Crippen LogP contribution >= 0.6 is 27.7 Å². The SMILES string of the molecule is C#CCSCCNS(=O)(=O)c1cc(C(=O)O)ccc1Br. The molecule has 0 unspecified atom stereocenters. The first-order chi connectivity index (χ1) is 9.38. The number of thioether (sulfide) groups is 1. The zero-order valence-corrected chi connectivity index (χ0v) is 13.5. The standard InChI is InChI=1S/C12H12BrNO4S2/c1-2-6-19-7-5-14-20(17,18)11-8-9(12(15)16)3-4-10(11)13/h1,3-4,8,14H,5-7H2,(H,15,16). The van der Waals surface area contributed by atoms with E-state index >= 15 is 0 Å². The van der Waals surface area contributed by atoms with Crippen molar-refractivity contribution < 1.29 is 18.3 Å². The zero-order valence-electron chi connectivity index (χ0n) is 10.3. The summed E-state index contributed by atoms with van der Waals surface area (Å²) in [7, 11) is -3.76. The maximum Gasteiger partial charge on any atom is 0.335 e. The number of rotatable bonds is 7. The van der Waals surface area contributed by atoms with Gasteiger partial charge in [-0.05, 0) is 34.1 Å². The Hall–Kier alpha value is -1.01. The number of carbonyl (C=O) groups is 1. The van der Waals surface area contributed by atoms with E-state index < -0.39 is 16.0 Å². The summed E-state index contributed by atoms with van der Waals surface area (Å²) in [4.78, 5) is 10.8. The van der Waals surface area contributed by atoms with Gasteiger partial charge in [-0.25, -0.2) is 17.9 Å². The molecule has 0 atom stereocenters. The van der Waals surface area contributed by atoms with Gasteiger partial charge in [-0.1, -0.05) is 5.92 Å². The summed E-state index contributed by atoms with van der Waals surface area (Å²) in [5.41, 5.74) is -0.0877. The molecule has 8 heteroatoms. The van der Waals surface area contributed by atoms with Gasteiger partial charge in [-0.15, -0.1) is 18.2 Å². The number of benzene rings is 1. The Morgan fingerprint density at radius 1 is 1.50 bits per heavy atom. The van der Waals surface area contributed by atoms with E-state index in [9.17, 15) is 13.2 Å². The summed E-state index contributed by atoms with van der Waals surface area (Å²) >= 11 is 4.54. The fourth-order valence-electron chi connectivity index (χ4n) is 1.30.